The number of rotatable bonds is 6. The van der Waals surface area contributed by atoms with Crippen molar-refractivity contribution in [3.05, 3.63) is 39.7 Å². The van der Waals surface area contributed by atoms with E-state index in [2.05, 4.69) is 20.5 Å². The van der Waals surface area contributed by atoms with Crippen molar-refractivity contribution in [1.82, 2.24) is 15.2 Å². The highest BCUT2D eigenvalue weighted by Gasteiger charge is 2.13. The zero-order valence-corrected chi connectivity index (χ0v) is 12.0. The molecule has 2 N–H and O–H groups in total. The van der Waals surface area contributed by atoms with E-state index in [0.717, 1.165) is 11.4 Å². The minimum absolute atomic E-state index is 0.0920. The van der Waals surface area contributed by atoms with E-state index in [-0.39, 0.29) is 10.6 Å². The summed E-state index contributed by atoms with van der Waals surface area (Å²) in [7, 11) is 0. The summed E-state index contributed by atoms with van der Waals surface area (Å²) in [6.45, 7) is 4.38. The molecule has 20 heavy (non-hydrogen) atoms. The van der Waals surface area contributed by atoms with Gasteiger partial charge in [0, 0.05) is 18.4 Å². The van der Waals surface area contributed by atoms with Crippen LogP contribution in [0, 0.1) is 17.0 Å². The number of aryl methyl sites for hydroxylation is 1. The monoisotopic (exact) mass is 293 g/mol. The third kappa shape index (κ3) is 3.47. The Hall–Kier alpha value is -2.09. The minimum atomic E-state index is -0.381. The van der Waals surface area contributed by atoms with Gasteiger partial charge in [0.1, 0.15) is 11.5 Å². The molecule has 0 bridgehead atoms. The molecule has 8 heteroatoms. The van der Waals surface area contributed by atoms with Crippen molar-refractivity contribution in [3.63, 3.8) is 0 Å². The smallest absolute Gasteiger partial charge is 0.292 e. The summed E-state index contributed by atoms with van der Waals surface area (Å²) in [5, 5.41) is 21.4. The Morgan fingerprint density at radius 2 is 2.30 bits per heavy atom. The van der Waals surface area contributed by atoms with Gasteiger partial charge in [0.2, 0.25) is 5.16 Å². The number of aromatic nitrogens is 3. The van der Waals surface area contributed by atoms with Crippen molar-refractivity contribution in [2.75, 3.05) is 11.9 Å². The Balaban J connectivity index is 2.12. The molecule has 0 fully saturated rings. The number of nitro benzene ring substituents is 1. The predicted molar refractivity (Wildman–Crippen MR) is 77.9 cm³/mol. The molecule has 0 radical (unpaired) electrons. The van der Waals surface area contributed by atoms with Gasteiger partial charge in [0.15, 0.2) is 0 Å². The van der Waals surface area contributed by atoms with Crippen LogP contribution in [0.4, 0.5) is 11.4 Å². The van der Waals surface area contributed by atoms with Crippen LogP contribution in [0.1, 0.15) is 18.3 Å². The van der Waals surface area contributed by atoms with Gasteiger partial charge in [-0.25, -0.2) is 4.98 Å². The summed E-state index contributed by atoms with van der Waals surface area (Å²) in [5.74, 6) is 1.43. The summed E-state index contributed by atoms with van der Waals surface area (Å²) in [6, 6.07) is 5.08. The van der Waals surface area contributed by atoms with Crippen molar-refractivity contribution in [3.8, 4) is 0 Å². The second-order valence-electron chi connectivity index (χ2n) is 4.13. The molecule has 0 amide bonds. The van der Waals surface area contributed by atoms with Crippen molar-refractivity contribution in [1.29, 1.82) is 0 Å². The molecule has 0 aliphatic rings. The fraction of sp³-hybridized carbons (Fsp3) is 0.333. The summed E-state index contributed by atoms with van der Waals surface area (Å²) in [5.41, 5.74) is 1.62. The Labute approximate surface area is 120 Å². The lowest BCUT2D eigenvalue weighted by atomic mass is 10.2. The number of benzene rings is 1. The molecule has 0 saturated carbocycles. The first-order valence-electron chi connectivity index (χ1n) is 6.13. The molecule has 0 spiro atoms. The topological polar surface area (TPSA) is 96.7 Å². The normalized spacial score (nSPS) is 10.5. The molecule has 0 unspecified atom stereocenters. The molecule has 7 nitrogen and oxygen atoms in total. The Bertz CT molecular complexity index is 614. The Kier molecular flexibility index (Phi) is 4.57. The van der Waals surface area contributed by atoms with Crippen LogP contribution >= 0.6 is 11.8 Å². The number of nitrogens with one attached hydrogen (secondary N) is 2. The van der Waals surface area contributed by atoms with Crippen LogP contribution in [0.5, 0.6) is 0 Å². The second kappa shape index (κ2) is 6.38. The van der Waals surface area contributed by atoms with Crippen molar-refractivity contribution < 1.29 is 4.92 Å². The molecule has 0 saturated heterocycles. The van der Waals surface area contributed by atoms with E-state index in [1.165, 1.54) is 17.8 Å². The molecule has 2 aromatic rings. The zero-order valence-electron chi connectivity index (χ0n) is 11.2. The average Bonchev–Trinajstić information content (AvgIpc) is 2.82. The maximum atomic E-state index is 10.9. The van der Waals surface area contributed by atoms with Crippen molar-refractivity contribution in [2.24, 2.45) is 0 Å². The van der Waals surface area contributed by atoms with Gasteiger partial charge in [-0.2, -0.15) is 0 Å². The number of anilines is 1. The third-order valence-electron chi connectivity index (χ3n) is 2.57. The fourth-order valence-electron chi connectivity index (χ4n) is 1.70. The summed E-state index contributed by atoms with van der Waals surface area (Å²) < 4.78 is 0. The quantitative estimate of drug-likeness (QED) is 0.483. The molecular weight excluding hydrogens is 278 g/mol. The minimum Gasteiger partial charge on any atom is -0.380 e. The Morgan fingerprint density at radius 1 is 1.50 bits per heavy atom. The van der Waals surface area contributed by atoms with Gasteiger partial charge in [0.25, 0.3) is 5.69 Å². The van der Waals surface area contributed by atoms with Crippen LogP contribution < -0.4 is 5.32 Å². The molecular formula is C12H15N5O2S. The van der Waals surface area contributed by atoms with Crippen molar-refractivity contribution >= 4 is 23.1 Å². The van der Waals surface area contributed by atoms with E-state index in [1.54, 1.807) is 12.1 Å². The number of hydrogen-bond acceptors (Lipinski definition) is 6. The molecule has 0 atom stereocenters. The van der Waals surface area contributed by atoms with Gasteiger partial charge in [-0.1, -0.05) is 17.8 Å². The summed E-state index contributed by atoms with van der Waals surface area (Å²) in [4.78, 5) is 14.7. The number of thioether (sulfide) groups is 1. The van der Waals surface area contributed by atoms with E-state index in [0.29, 0.717) is 23.1 Å². The summed E-state index contributed by atoms with van der Waals surface area (Å²) >= 11 is 1.48. The standard InChI is InChI=1S/C12H15N5O2S/c1-3-13-10-6-9(4-5-11(10)17(18)19)7-20-12-14-8(2)15-16-12/h4-6,13H,3,7H2,1-2H3,(H,14,15,16). The maximum absolute atomic E-state index is 10.9. The number of H-pyrrole nitrogens is 1. The fourth-order valence-corrected chi connectivity index (χ4v) is 2.49. The van der Waals surface area contributed by atoms with Crippen LogP contribution in [0.15, 0.2) is 23.4 Å². The highest BCUT2D eigenvalue weighted by molar-refractivity contribution is 7.98. The number of nitrogens with zero attached hydrogens (tertiary/aromatic N) is 3. The molecule has 106 valence electrons. The lowest BCUT2D eigenvalue weighted by Crippen LogP contribution is -2.01. The van der Waals surface area contributed by atoms with E-state index in [4.69, 9.17) is 0 Å². The molecule has 0 aliphatic carbocycles. The molecule has 0 aliphatic heterocycles. The Morgan fingerprint density at radius 3 is 2.90 bits per heavy atom. The van der Waals surface area contributed by atoms with Crippen LogP contribution in [-0.2, 0) is 5.75 Å². The molecule has 1 aromatic carbocycles. The second-order valence-corrected chi connectivity index (χ2v) is 5.07. The maximum Gasteiger partial charge on any atom is 0.292 e. The predicted octanol–water partition coefficient (Wildman–Crippen LogP) is 2.75. The first-order valence-corrected chi connectivity index (χ1v) is 7.11. The first kappa shape index (κ1) is 14.3. The van der Waals surface area contributed by atoms with E-state index < -0.39 is 0 Å². The summed E-state index contributed by atoms with van der Waals surface area (Å²) in [6.07, 6.45) is 0. The van der Waals surface area contributed by atoms with Gasteiger partial charge >= 0.3 is 0 Å². The number of nitro groups is 1. The van der Waals surface area contributed by atoms with E-state index >= 15 is 0 Å². The number of hydrogen-bond donors (Lipinski definition) is 2. The largest absolute Gasteiger partial charge is 0.380 e. The van der Waals surface area contributed by atoms with Gasteiger partial charge < -0.3 is 5.32 Å². The van der Waals surface area contributed by atoms with Gasteiger partial charge in [-0.05, 0) is 25.5 Å². The van der Waals surface area contributed by atoms with Crippen LogP contribution in [0.2, 0.25) is 0 Å². The van der Waals surface area contributed by atoms with Crippen LogP contribution in [-0.4, -0.2) is 26.6 Å². The van der Waals surface area contributed by atoms with E-state index in [1.807, 2.05) is 13.8 Å². The zero-order chi connectivity index (χ0) is 14.5. The molecule has 1 aromatic heterocycles. The SMILES string of the molecule is CCNc1cc(CSc2n[nH]c(C)n2)ccc1[N+](=O)[O-]. The van der Waals surface area contributed by atoms with Gasteiger partial charge in [-0.15, -0.1) is 5.10 Å². The highest BCUT2D eigenvalue weighted by Crippen LogP contribution is 2.28. The van der Waals surface area contributed by atoms with Gasteiger partial charge in [-0.3, -0.25) is 15.2 Å². The third-order valence-corrected chi connectivity index (χ3v) is 3.49. The van der Waals surface area contributed by atoms with Crippen molar-refractivity contribution in [2.45, 2.75) is 24.8 Å². The van der Waals surface area contributed by atoms with E-state index in [9.17, 15) is 10.1 Å². The highest BCUT2D eigenvalue weighted by atomic mass is 32.2. The average molecular weight is 293 g/mol. The first-order chi connectivity index (χ1) is 9.60. The molecule has 2 rings (SSSR count). The van der Waals surface area contributed by atoms with Crippen LogP contribution in [0.3, 0.4) is 0 Å². The van der Waals surface area contributed by atoms with Gasteiger partial charge in [0.05, 0.1) is 4.92 Å². The molecule has 1 heterocycles. The number of aromatic amines is 1. The lowest BCUT2D eigenvalue weighted by Gasteiger charge is -2.06. The van der Waals surface area contributed by atoms with Crippen LogP contribution in [0.25, 0.3) is 0 Å². The lowest BCUT2D eigenvalue weighted by molar-refractivity contribution is -0.384.